The Morgan fingerprint density at radius 1 is 1.33 bits per heavy atom. The highest BCUT2D eigenvalue weighted by molar-refractivity contribution is 7.80. The summed E-state index contributed by atoms with van der Waals surface area (Å²) in [5.41, 5.74) is 0. The van der Waals surface area contributed by atoms with E-state index in [0.717, 1.165) is 51.0 Å². The van der Waals surface area contributed by atoms with Gasteiger partial charge in [0.05, 0.1) is 19.3 Å². The summed E-state index contributed by atoms with van der Waals surface area (Å²) in [5.74, 6) is 0. The normalized spacial score (nSPS) is 26.7. The standard InChI is InChI=1S/C10H18N2O2S/c15-10(12-3-6-13-7-4-12)11-8-9-2-1-5-14-9/h9H,1-8H2,(H,11,15)/t9-/m1/s1. The smallest absolute Gasteiger partial charge is 0.169 e. The Labute approximate surface area is 95.9 Å². The Kier molecular flexibility index (Phi) is 4.17. The maximum atomic E-state index is 5.53. The summed E-state index contributed by atoms with van der Waals surface area (Å²) in [6, 6.07) is 0. The van der Waals surface area contributed by atoms with Crippen molar-refractivity contribution < 1.29 is 9.47 Å². The second-order valence-electron chi connectivity index (χ2n) is 3.92. The van der Waals surface area contributed by atoms with Gasteiger partial charge in [0.1, 0.15) is 0 Å². The minimum absolute atomic E-state index is 0.351. The summed E-state index contributed by atoms with van der Waals surface area (Å²) in [6.45, 7) is 5.10. The summed E-state index contributed by atoms with van der Waals surface area (Å²) in [4.78, 5) is 2.16. The van der Waals surface area contributed by atoms with Crippen molar-refractivity contribution in [2.75, 3.05) is 39.5 Å². The molecule has 4 nitrogen and oxygen atoms in total. The molecule has 0 aromatic heterocycles. The summed E-state index contributed by atoms with van der Waals surface area (Å²) in [5, 5.41) is 4.11. The monoisotopic (exact) mass is 230 g/mol. The lowest BCUT2D eigenvalue weighted by Crippen LogP contribution is -2.47. The number of hydrogen-bond acceptors (Lipinski definition) is 3. The first-order chi connectivity index (χ1) is 7.36. The second-order valence-corrected chi connectivity index (χ2v) is 4.31. The summed E-state index contributed by atoms with van der Waals surface area (Å²) < 4.78 is 10.8. The van der Waals surface area contributed by atoms with Gasteiger partial charge >= 0.3 is 0 Å². The van der Waals surface area contributed by atoms with Gasteiger partial charge in [0.2, 0.25) is 0 Å². The molecule has 0 bridgehead atoms. The van der Waals surface area contributed by atoms with Crippen molar-refractivity contribution in [2.45, 2.75) is 18.9 Å². The fourth-order valence-corrected chi connectivity index (χ4v) is 2.15. The van der Waals surface area contributed by atoms with Crippen LogP contribution in [0.5, 0.6) is 0 Å². The average Bonchev–Trinajstić information content (AvgIpc) is 2.80. The first kappa shape index (κ1) is 11.1. The number of rotatable bonds is 2. The average molecular weight is 230 g/mol. The lowest BCUT2D eigenvalue weighted by molar-refractivity contribution is 0.0667. The number of ether oxygens (including phenoxy) is 2. The van der Waals surface area contributed by atoms with Gasteiger partial charge in [0, 0.05) is 26.2 Å². The van der Waals surface area contributed by atoms with Crippen molar-refractivity contribution in [2.24, 2.45) is 0 Å². The summed E-state index contributed by atoms with van der Waals surface area (Å²) in [6.07, 6.45) is 2.68. The van der Waals surface area contributed by atoms with Gasteiger partial charge < -0.3 is 19.7 Å². The van der Waals surface area contributed by atoms with Gasteiger partial charge in [-0.15, -0.1) is 0 Å². The molecule has 0 aromatic carbocycles. The predicted molar refractivity (Wildman–Crippen MR) is 62.0 cm³/mol. The predicted octanol–water partition coefficient (Wildman–Crippen LogP) is 0.372. The highest BCUT2D eigenvalue weighted by Gasteiger charge is 2.18. The molecule has 0 aromatic rings. The van der Waals surface area contributed by atoms with Crippen LogP contribution in [-0.4, -0.2) is 55.6 Å². The van der Waals surface area contributed by atoms with E-state index in [0.29, 0.717) is 6.10 Å². The molecule has 2 aliphatic rings. The number of hydrogen-bond donors (Lipinski definition) is 1. The molecule has 15 heavy (non-hydrogen) atoms. The Morgan fingerprint density at radius 2 is 2.13 bits per heavy atom. The Morgan fingerprint density at radius 3 is 2.80 bits per heavy atom. The first-order valence-corrected chi connectivity index (χ1v) is 5.99. The minimum atomic E-state index is 0.351. The maximum Gasteiger partial charge on any atom is 0.169 e. The van der Waals surface area contributed by atoms with Crippen LogP contribution in [0, 0.1) is 0 Å². The van der Waals surface area contributed by atoms with E-state index in [1.807, 2.05) is 0 Å². The van der Waals surface area contributed by atoms with Gasteiger partial charge in [-0.05, 0) is 25.1 Å². The van der Waals surface area contributed by atoms with Gasteiger partial charge in [-0.2, -0.15) is 0 Å². The van der Waals surface area contributed by atoms with E-state index >= 15 is 0 Å². The summed E-state index contributed by atoms with van der Waals surface area (Å²) in [7, 11) is 0. The molecule has 0 aliphatic carbocycles. The lowest BCUT2D eigenvalue weighted by atomic mass is 10.2. The van der Waals surface area contributed by atoms with Crippen LogP contribution in [0.2, 0.25) is 0 Å². The van der Waals surface area contributed by atoms with Gasteiger partial charge in [0.15, 0.2) is 5.11 Å². The topological polar surface area (TPSA) is 33.7 Å². The number of nitrogens with one attached hydrogen (secondary N) is 1. The van der Waals surface area contributed by atoms with Crippen LogP contribution >= 0.6 is 12.2 Å². The van der Waals surface area contributed by atoms with Gasteiger partial charge in [-0.3, -0.25) is 0 Å². The zero-order valence-corrected chi connectivity index (χ0v) is 9.72. The van der Waals surface area contributed by atoms with Crippen LogP contribution in [0.4, 0.5) is 0 Å². The number of morpholine rings is 1. The van der Waals surface area contributed by atoms with Crippen LogP contribution < -0.4 is 5.32 Å². The second kappa shape index (κ2) is 5.63. The van der Waals surface area contributed by atoms with E-state index in [1.165, 1.54) is 6.42 Å². The van der Waals surface area contributed by atoms with E-state index in [2.05, 4.69) is 10.2 Å². The van der Waals surface area contributed by atoms with Crippen molar-refractivity contribution in [3.63, 3.8) is 0 Å². The molecule has 1 N–H and O–H groups in total. The molecule has 0 amide bonds. The molecular formula is C10H18N2O2S. The minimum Gasteiger partial charge on any atom is -0.378 e. The molecule has 2 saturated heterocycles. The number of thiocarbonyl (C=S) groups is 1. The molecule has 2 fully saturated rings. The molecular weight excluding hydrogens is 212 g/mol. The van der Waals surface area contributed by atoms with Crippen LogP contribution in [0.1, 0.15) is 12.8 Å². The third-order valence-electron chi connectivity index (χ3n) is 2.80. The fourth-order valence-electron chi connectivity index (χ4n) is 1.88. The van der Waals surface area contributed by atoms with E-state index in [9.17, 15) is 0 Å². The number of nitrogens with zero attached hydrogens (tertiary/aromatic N) is 1. The van der Waals surface area contributed by atoms with Crippen molar-refractivity contribution in [3.8, 4) is 0 Å². The van der Waals surface area contributed by atoms with E-state index in [4.69, 9.17) is 21.7 Å². The van der Waals surface area contributed by atoms with Crippen molar-refractivity contribution in [1.82, 2.24) is 10.2 Å². The van der Waals surface area contributed by atoms with Crippen LogP contribution in [0.3, 0.4) is 0 Å². The molecule has 1 atom stereocenters. The van der Waals surface area contributed by atoms with Gasteiger partial charge in [-0.1, -0.05) is 0 Å². The fraction of sp³-hybridized carbons (Fsp3) is 0.900. The van der Waals surface area contributed by atoms with Crippen LogP contribution in [0.25, 0.3) is 0 Å². The Balaban J connectivity index is 1.66. The van der Waals surface area contributed by atoms with Crippen molar-refractivity contribution in [1.29, 1.82) is 0 Å². The van der Waals surface area contributed by atoms with E-state index in [-0.39, 0.29) is 0 Å². The molecule has 0 radical (unpaired) electrons. The van der Waals surface area contributed by atoms with Crippen LogP contribution in [0.15, 0.2) is 0 Å². The third-order valence-corrected chi connectivity index (χ3v) is 3.21. The highest BCUT2D eigenvalue weighted by atomic mass is 32.1. The Bertz CT molecular complexity index is 213. The largest absolute Gasteiger partial charge is 0.378 e. The molecule has 2 aliphatic heterocycles. The molecule has 0 spiro atoms. The summed E-state index contributed by atoms with van der Waals surface area (Å²) >= 11 is 5.31. The lowest BCUT2D eigenvalue weighted by Gasteiger charge is -2.29. The zero-order chi connectivity index (χ0) is 10.5. The molecule has 2 rings (SSSR count). The molecule has 0 saturated carbocycles. The SMILES string of the molecule is S=C(NC[C@H]1CCCO1)N1CCOCC1. The molecule has 2 heterocycles. The van der Waals surface area contributed by atoms with Gasteiger partial charge in [0.25, 0.3) is 0 Å². The van der Waals surface area contributed by atoms with Crippen molar-refractivity contribution in [3.05, 3.63) is 0 Å². The molecule has 86 valence electrons. The third kappa shape index (κ3) is 3.29. The first-order valence-electron chi connectivity index (χ1n) is 5.58. The highest BCUT2D eigenvalue weighted by Crippen LogP contribution is 2.10. The zero-order valence-electron chi connectivity index (χ0n) is 8.91. The Hall–Kier alpha value is -0.390. The molecule has 0 unspecified atom stereocenters. The quantitative estimate of drug-likeness (QED) is 0.693. The van der Waals surface area contributed by atoms with Gasteiger partial charge in [-0.25, -0.2) is 0 Å². The van der Waals surface area contributed by atoms with E-state index < -0.39 is 0 Å². The molecule has 5 heteroatoms. The van der Waals surface area contributed by atoms with Crippen molar-refractivity contribution >= 4 is 17.3 Å². The maximum absolute atomic E-state index is 5.53. The van der Waals surface area contributed by atoms with E-state index in [1.54, 1.807) is 0 Å². The van der Waals surface area contributed by atoms with Crippen LogP contribution in [-0.2, 0) is 9.47 Å².